The summed E-state index contributed by atoms with van der Waals surface area (Å²) in [6.07, 6.45) is 14.4. The topological polar surface area (TPSA) is 29.9 Å². The molecule has 2 aliphatic rings. The lowest BCUT2D eigenvalue weighted by atomic mass is 9.71. The zero-order valence-corrected chi connectivity index (χ0v) is 9.55. The van der Waals surface area contributed by atoms with Crippen LogP contribution in [0.3, 0.4) is 0 Å². The van der Waals surface area contributed by atoms with Crippen molar-refractivity contribution in [2.24, 2.45) is 11.8 Å². The van der Waals surface area contributed by atoms with E-state index < -0.39 is 0 Å². The molecule has 1 aromatic heterocycles. The molecule has 3 atom stereocenters. The molecule has 1 N–H and O–H groups in total. The van der Waals surface area contributed by atoms with Crippen LogP contribution >= 0.6 is 0 Å². The van der Waals surface area contributed by atoms with Crippen LogP contribution in [0.5, 0.6) is 0 Å². The van der Waals surface area contributed by atoms with Crippen molar-refractivity contribution < 1.29 is 0 Å². The molecule has 0 radical (unpaired) electrons. The molecule has 16 heavy (non-hydrogen) atoms. The normalized spacial score (nSPS) is 31.4. The highest BCUT2D eigenvalue weighted by Gasteiger charge is 2.40. The minimum atomic E-state index is 0.756. The average Bonchev–Trinajstić information content (AvgIpc) is 2.88. The van der Waals surface area contributed by atoms with Crippen LogP contribution in [0.4, 0.5) is 0 Å². The molecule has 3 rings (SSSR count). The number of nitrogens with zero attached hydrogens (tertiary/aromatic N) is 2. The summed E-state index contributed by atoms with van der Waals surface area (Å²) in [6.45, 7) is 2.20. The molecule has 2 aliphatic carbocycles. The highest BCUT2D eigenvalue weighted by atomic mass is 15.0. The lowest BCUT2D eigenvalue weighted by Crippen LogP contribution is -2.48. The van der Waals surface area contributed by atoms with Crippen LogP contribution in [0.2, 0.25) is 0 Å². The summed E-state index contributed by atoms with van der Waals surface area (Å²) in [5.41, 5.74) is 0. The van der Waals surface area contributed by atoms with E-state index in [1.807, 2.05) is 18.7 Å². The summed E-state index contributed by atoms with van der Waals surface area (Å²) in [5, 5.41) is 3.67. The second-order valence-electron chi connectivity index (χ2n) is 4.95. The number of hydrogen-bond donors (Lipinski definition) is 1. The maximum Gasteiger partial charge on any atom is 0.0945 e. The molecule has 3 heteroatoms. The molecule has 86 valence electrons. The van der Waals surface area contributed by atoms with E-state index in [0.29, 0.717) is 0 Å². The average molecular weight is 217 g/mol. The van der Waals surface area contributed by atoms with Crippen molar-refractivity contribution in [3.05, 3.63) is 30.9 Å². The Bertz CT molecular complexity index is 355. The number of nitrogens with one attached hydrogen (secondary N) is 1. The van der Waals surface area contributed by atoms with E-state index >= 15 is 0 Å². The Morgan fingerprint density at radius 2 is 2.44 bits per heavy atom. The van der Waals surface area contributed by atoms with Crippen LogP contribution in [0.25, 0.3) is 0 Å². The van der Waals surface area contributed by atoms with E-state index in [1.54, 1.807) is 0 Å². The van der Waals surface area contributed by atoms with Gasteiger partial charge in [-0.15, -0.1) is 0 Å². The van der Waals surface area contributed by atoms with Crippen LogP contribution < -0.4 is 5.32 Å². The van der Waals surface area contributed by atoms with Gasteiger partial charge in [0.05, 0.1) is 6.33 Å². The predicted octanol–water partition coefficient (Wildman–Crippen LogP) is 1.83. The lowest BCUT2D eigenvalue weighted by molar-refractivity contribution is 0.163. The van der Waals surface area contributed by atoms with Gasteiger partial charge in [0, 0.05) is 25.0 Å². The Labute approximate surface area is 96.6 Å². The number of hydrogen-bond acceptors (Lipinski definition) is 2. The Hall–Kier alpha value is -1.09. The largest absolute Gasteiger partial charge is 0.337 e. The second-order valence-corrected chi connectivity index (χ2v) is 4.95. The van der Waals surface area contributed by atoms with Crippen molar-refractivity contribution in [1.29, 1.82) is 0 Å². The molecule has 0 aromatic carbocycles. The molecular formula is C13H19N3. The van der Waals surface area contributed by atoms with E-state index in [0.717, 1.165) is 31.0 Å². The third-order valence-corrected chi connectivity index (χ3v) is 3.92. The molecular weight excluding hydrogens is 198 g/mol. The van der Waals surface area contributed by atoms with Crippen molar-refractivity contribution in [2.75, 3.05) is 6.54 Å². The summed E-state index contributed by atoms with van der Waals surface area (Å²) in [6, 6.07) is 0.756. The maximum absolute atomic E-state index is 4.04. The van der Waals surface area contributed by atoms with Crippen LogP contribution in [-0.4, -0.2) is 22.1 Å². The molecule has 3 nitrogen and oxygen atoms in total. The van der Waals surface area contributed by atoms with Crippen LogP contribution in [-0.2, 0) is 6.54 Å². The first kappa shape index (κ1) is 10.1. The molecule has 1 saturated carbocycles. The lowest BCUT2D eigenvalue weighted by Gasteiger charge is -2.40. The highest BCUT2D eigenvalue weighted by Crippen LogP contribution is 2.42. The van der Waals surface area contributed by atoms with Gasteiger partial charge in [-0.2, -0.15) is 0 Å². The quantitative estimate of drug-likeness (QED) is 0.602. The van der Waals surface area contributed by atoms with Crippen LogP contribution in [0.15, 0.2) is 30.9 Å². The number of aryl methyl sites for hydroxylation is 1. The molecule has 0 amide bonds. The number of allylic oxidation sites excluding steroid dienone is 1. The third kappa shape index (κ3) is 1.92. The van der Waals surface area contributed by atoms with E-state index in [4.69, 9.17) is 0 Å². The van der Waals surface area contributed by atoms with Crippen molar-refractivity contribution in [1.82, 2.24) is 14.9 Å². The summed E-state index contributed by atoms with van der Waals surface area (Å²) in [5.74, 6) is 1.80. The molecule has 1 aromatic rings. The van der Waals surface area contributed by atoms with Gasteiger partial charge >= 0.3 is 0 Å². The number of imidazole rings is 1. The first-order valence-corrected chi connectivity index (χ1v) is 6.29. The van der Waals surface area contributed by atoms with Gasteiger partial charge in [0.2, 0.25) is 0 Å². The SMILES string of the molecule is C1=CC2C(C1)CC2NCCCn1ccnc1. The van der Waals surface area contributed by atoms with Gasteiger partial charge in [-0.05, 0) is 37.6 Å². The molecule has 0 aliphatic heterocycles. The Balaban J connectivity index is 1.34. The van der Waals surface area contributed by atoms with Crippen molar-refractivity contribution in [3.63, 3.8) is 0 Å². The minimum Gasteiger partial charge on any atom is -0.337 e. The molecule has 1 fully saturated rings. The van der Waals surface area contributed by atoms with Crippen molar-refractivity contribution in [3.8, 4) is 0 Å². The molecule has 0 bridgehead atoms. The zero-order chi connectivity index (χ0) is 10.8. The predicted molar refractivity (Wildman–Crippen MR) is 64.0 cm³/mol. The third-order valence-electron chi connectivity index (χ3n) is 3.92. The van der Waals surface area contributed by atoms with Gasteiger partial charge in [0.25, 0.3) is 0 Å². The van der Waals surface area contributed by atoms with E-state index in [2.05, 4.69) is 27.0 Å². The number of rotatable bonds is 5. The van der Waals surface area contributed by atoms with E-state index in [-0.39, 0.29) is 0 Å². The Morgan fingerprint density at radius 1 is 1.44 bits per heavy atom. The van der Waals surface area contributed by atoms with Gasteiger partial charge in [0.15, 0.2) is 0 Å². The molecule has 0 spiro atoms. The fourth-order valence-corrected chi connectivity index (χ4v) is 2.92. The standard InChI is InChI=1S/C13H19N3/c1-3-11-9-13(12(11)4-1)15-5-2-7-16-8-6-14-10-16/h1,4,6,8,10-13,15H,2-3,5,7,9H2. The van der Waals surface area contributed by atoms with Gasteiger partial charge < -0.3 is 9.88 Å². The van der Waals surface area contributed by atoms with E-state index in [9.17, 15) is 0 Å². The smallest absolute Gasteiger partial charge is 0.0945 e. The van der Waals surface area contributed by atoms with Gasteiger partial charge in [0.1, 0.15) is 0 Å². The van der Waals surface area contributed by atoms with Crippen molar-refractivity contribution >= 4 is 0 Å². The van der Waals surface area contributed by atoms with Crippen molar-refractivity contribution in [2.45, 2.75) is 31.8 Å². The Kier molecular flexibility index (Phi) is 2.79. The number of aromatic nitrogens is 2. The monoisotopic (exact) mass is 217 g/mol. The molecule has 0 saturated heterocycles. The summed E-state index contributed by atoms with van der Waals surface area (Å²) < 4.78 is 2.14. The van der Waals surface area contributed by atoms with Crippen LogP contribution in [0.1, 0.15) is 19.3 Å². The van der Waals surface area contributed by atoms with E-state index in [1.165, 1.54) is 19.3 Å². The number of fused-ring (bicyclic) bond motifs is 1. The van der Waals surface area contributed by atoms with Gasteiger partial charge in [-0.1, -0.05) is 12.2 Å². The highest BCUT2D eigenvalue weighted by molar-refractivity contribution is 5.12. The first-order valence-electron chi connectivity index (χ1n) is 6.29. The summed E-state index contributed by atoms with van der Waals surface area (Å²) in [4.78, 5) is 4.04. The summed E-state index contributed by atoms with van der Waals surface area (Å²) >= 11 is 0. The zero-order valence-electron chi connectivity index (χ0n) is 9.55. The minimum absolute atomic E-state index is 0.756. The second kappa shape index (κ2) is 4.42. The molecule has 3 unspecified atom stereocenters. The first-order chi connectivity index (χ1) is 7.93. The Morgan fingerprint density at radius 3 is 3.25 bits per heavy atom. The fraction of sp³-hybridized carbons (Fsp3) is 0.615. The van der Waals surface area contributed by atoms with Gasteiger partial charge in [-0.3, -0.25) is 0 Å². The van der Waals surface area contributed by atoms with Gasteiger partial charge in [-0.25, -0.2) is 4.98 Å². The van der Waals surface area contributed by atoms with Crippen LogP contribution in [0, 0.1) is 11.8 Å². The fourth-order valence-electron chi connectivity index (χ4n) is 2.92. The molecule has 1 heterocycles. The summed E-state index contributed by atoms with van der Waals surface area (Å²) in [7, 11) is 0. The maximum atomic E-state index is 4.04.